The van der Waals surface area contributed by atoms with Gasteiger partial charge in [-0.3, -0.25) is 0 Å². The molecule has 0 fully saturated rings. The van der Waals surface area contributed by atoms with Gasteiger partial charge in [0.2, 0.25) is 0 Å². The standard InChI is InChI=1S/C16H14Cl2O3/c1-20-15-7-10(3-5-13(15)17)12(9-19)11-4-6-14(18)16(8-11)21-2/h3-9,12H,1-2H3. The number of methoxy groups -OCH3 is 2. The first-order valence-corrected chi connectivity index (χ1v) is 6.98. The summed E-state index contributed by atoms with van der Waals surface area (Å²) in [6.45, 7) is 0. The number of halogens is 2. The van der Waals surface area contributed by atoms with Gasteiger partial charge in [-0.25, -0.2) is 0 Å². The van der Waals surface area contributed by atoms with Crippen LogP contribution in [0.25, 0.3) is 0 Å². The van der Waals surface area contributed by atoms with Gasteiger partial charge in [-0.2, -0.15) is 0 Å². The molecular weight excluding hydrogens is 311 g/mol. The van der Waals surface area contributed by atoms with Gasteiger partial charge in [0, 0.05) is 0 Å². The molecule has 3 nitrogen and oxygen atoms in total. The molecule has 0 saturated carbocycles. The summed E-state index contributed by atoms with van der Waals surface area (Å²) in [7, 11) is 3.07. The van der Waals surface area contributed by atoms with Crippen molar-refractivity contribution in [1.82, 2.24) is 0 Å². The van der Waals surface area contributed by atoms with Crippen LogP contribution in [0.1, 0.15) is 17.0 Å². The largest absolute Gasteiger partial charge is 0.495 e. The molecule has 0 aliphatic heterocycles. The quantitative estimate of drug-likeness (QED) is 0.767. The third-order valence-electron chi connectivity index (χ3n) is 3.20. The van der Waals surface area contributed by atoms with Crippen molar-refractivity contribution in [3.8, 4) is 11.5 Å². The Morgan fingerprint density at radius 3 is 1.67 bits per heavy atom. The molecule has 0 bridgehead atoms. The Hall–Kier alpha value is -1.71. The topological polar surface area (TPSA) is 35.5 Å². The molecule has 110 valence electrons. The van der Waals surface area contributed by atoms with Gasteiger partial charge in [-0.05, 0) is 35.4 Å². The zero-order valence-corrected chi connectivity index (χ0v) is 13.1. The Kier molecular flexibility index (Phi) is 5.10. The van der Waals surface area contributed by atoms with Gasteiger partial charge >= 0.3 is 0 Å². The van der Waals surface area contributed by atoms with Gasteiger partial charge in [-0.1, -0.05) is 35.3 Å². The molecule has 5 heteroatoms. The van der Waals surface area contributed by atoms with E-state index in [0.717, 1.165) is 17.4 Å². The van der Waals surface area contributed by atoms with Crippen LogP contribution in [0.2, 0.25) is 10.0 Å². The number of hydrogen-bond acceptors (Lipinski definition) is 3. The van der Waals surface area contributed by atoms with Crippen LogP contribution in [-0.4, -0.2) is 20.5 Å². The van der Waals surface area contributed by atoms with Crippen molar-refractivity contribution in [2.45, 2.75) is 5.92 Å². The van der Waals surface area contributed by atoms with Crippen LogP contribution in [0, 0.1) is 0 Å². The molecule has 21 heavy (non-hydrogen) atoms. The minimum absolute atomic E-state index is 0.442. The summed E-state index contributed by atoms with van der Waals surface area (Å²) < 4.78 is 10.4. The Balaban J connectivity index is 2.46. The van der Waals surface area contributed by atoms with Crippen LogP contribution in [0.4, 0.5) is 0 Å². The molecule has 2 aromatic carbocycles. The van der Waals surface area contributed by atoms with Crippen LogP contribution in [0.15, 0.2) is 36.4 Å². The molecule has 0 spiro atoms. The van der Waals surface area contributed by atoms with Crippen molar-refractivity contribution in [2.75, 3.05) is 14.2 Å². The lowest BCUT2D eigenvalue weighted by molar-refractivity contribution is -0.108. The second kappa shape index (κ2) is 6.83. The molecule has 2 aromatic rings. The van der Waals surface area contributed by atoms with E-state index >= 15 is 0 Å². The number of ether oxygens (including phenoxy) is 2. The minimum Gasteiger partial charge on any atom is -0.495 e. The maximum atomic E-state index is 11.5. The van der Waals surface area contributed by atoms with E-state index in [4.69, 9.17) is 32.7 Å². The van der Waals surface area contributed by atoms with Crippen LogP contribution < -0.4 is 9.47 Å². The molecular formula is C16H14Cl2O3. The summed E-state index contributed by atoms with van der Waals surface area (Å²) in [6.07, 6.45) is 0.866. The molecule has 0 unspecified atom stereocenters. The SMILES string of the molecule is COc1cc(C(C=O)c2ccc(Cl)c(OC)c2)ccc1Cl. The molecule has 0 amide bonds. The second-order valence-electron chi connectivity index (χ2n) is 4.40. The maximum absolute atomic E-state index is 11.5. The Bertz CT molecular complexity index is 602. The molecule has 0 aliphatic carbocycles. The second-order valence-corrected chi connectivity index (χ2v) is 5.22. The van der Waals surface area contributed by atoms with Crippen LogP contribution in [0.3, 0.4) is 0 Å². The average molecular weight is 325 g/mol. The van der Waals surface area contributed by atoms with Crippen molar-refractivity contribution >= 4 is 29.5 Å². The zero-order chi connectivity index (χ0) is 15.4. The van der Waals surface area contributed by atoms with E-state index in [1.807, 2.05) is 0 Å². The van der Waals surface area contributed by atoms with Gasteiger partial charge in [0.1, 0.15) is 17.8 Å². The molecule has 0 aromatic heterocycles. The van der Waals surface area contributed by atoms with Crippen LogP contribution in [0.5, 0.6) is 11.5 Å². The Morgan fingerprint density at radius 2 is 1.33 bits per heavy atom. The molecule has 0 N–H and O–H groups in total. The number of carbonyl (C=O) groups excluding carboxylic acids is 1. The molecule has 0 saturated heterocycles. The van der Waals surface area contributed by atoms with E-state index < -0.39 is 5.92 Å². The number of rotatable bonds is 5. The molecule has 0 radical (unpaired) electrons. The smallest absolute Gasteiger partial charge is 0.137 e. The highest BCUT2D eigenvalue weighted by molar-refractivity contribution is 6.32. The first kappa shape index (κ1) is 15.7. The van der Waals surface area contributed by atoms with Gasteiger partial charge in [0.25, 0.3) is 0 Å². The third-order valence-corrected chi connectivity index (χ3v) is 3.83. The highest BCUT2D eigenvalue weighted by Crippen LogP contribution is 2.34. The van der Waals surface area contributed by atoms with Gasteiger partial charge in [0.05, 0.1) is 30.2 Å². The normalized spacial score (nSPS) is 10.5. The third kappa shape index (κ3) is 3.31. The van der Waals surface area contributed by atoms with Crippen molar-refractivity contribution in [3.63, 3.8) is 0 Å². The molecule has 0 aliphatic rings. The van der Waals surface area contributed by atoms with E-state index in [-0.39, 0.29) is 0 Å². The average Bonchev–Trinajstić information content (AvgIpc) is 2.51. The van der Waals surface area contributed by atoms with E-state index in [1.54, 1.807) is 36.4 Å². The van der Waals surface area contributed by atoms with Gasteiger partial charge in [-0.15, -0.1) is 0 Å². The van der Waals surface area contributed by atoms with Crippen LogP contribution in [-0.2, 0) is 4.79 Å². The number of benzene rings is 2. The fraction of sp³-hybridized carbons (Fsp3) is 0.188. The Morgan fingerprint density at radius 1 is 0.905 bits per heavy atom. The van der Waals surface area contributed by atoms with E-state index in [9.17, 15) is 4.79 Å². The summed E-state index contributed by atoms with van der Waals surface area (Å²) in [5.41, 5.74) is 1.58. The van der Waals surface area contributed by atoms with Gasteiger partial charge < -0.3 is 14.3 Å². The fourth-order valence-corrected chi connectivity index (χ4v) is 2.48. The van der Waals surface area contributed by atoms with E-state index in [0.29, 0.717) is 21.5 Å². The Labute approximate surface area is 133 Å². The number of carbonyl (C=O) groups is 1. The highest BCUT2D eigenvalue weighted by Gasteiger charge is 2.17. The monoisotopic (exact) mass is 324 g/mol. The van der Waals surface area contributed by atoms with Crippen molar-refractivity contribution in [2.24, 2.45) is 0 Å². The summed E-state index contributed by atoms with van der Waals surface area (Å²) in [5.74, 6) is 0.617. The lowest BCUT2D eigenvalue weighted by atomic mass is 9.92. The zero-order valence-electron chi connectivity index (χ0n) is 11.6. The summed E-state index contributed by atoms with van der Waals surface area (Å²) in [4.78, 5) is 11.5. The van der Waals surface area contributed by atoms with Crippen molar-refractivity contribution in [3.05, 3.63) is 57.6 Å². The summed E-state index contributed by atoms with van der Waals surface area (Å²) in [5, 5.41) is 0.999. The lowest BCUT2D eigenvalue weighted by Gasteiger charge is -2.14. The predicted molar refractivity (Wildman–Crippen MR) is 83.9 cm³/mol. The van der Waals surface area contributed by atoms with E-state index in [2.05, 4.69) is 0 Å². The first-order chi connectivity index (χ1) is 10.1. The maximum Gasteiger partial charge on any atom is 0.137 e. The first-order valence-electron chi connectivity index (χ1n) is 6.23. The molecule has 0 heterocycles. The van der Waals surface area contributed by atoms with Crippen molar-refractivity contribution < 1.29 is 14.3 Å². The molecule has 2 rings (SSSR count). The number of aldehydes is 1. The van der Waals surface area contributed by atoms with Gasteiger partial charge in [0.15, 0.2) is 0 Å². The molecule has 0 atom stereocenters. The van der Waals surface area contributed by atoms with E-state index in [1.165, 1.54) is 14.2 Å². The lowest BCUT2D eigenvalue weighted by Crippen LogP contribution is -2.03. The van der Waals surface area contributed by atoms with Crippen molar-refractivity contribution in [1.29, 1.82) is 0 Å². The fourth-order valence-electron chi connectivity index (χ4n) is 2.09. The summed E-state index contributed by atoms with van der Waals surface area (Å²) in [6, 6.07) is 10.5. The van der Waals surface area contributed by atoms with Crippen LogP contribution >= 0.6 is 23.2 Å². The minimum atomic E-state index is -0.442. The summed E-state index contributed by atoms with van der Waals surface area (Å²) >= 11 is 12.0. The predicted octanol–water partition coefficient (Wildman–Crippen LogP) is 4.34. The number of hydrogen-bond donors (Lipinski definition) is 0. The highest BCUT2D eigenvalue weighted by atomic mass is 35.5.